The van der Waals surface area contributed by atoms with Crippen molar-refractivity contribution in [1.29, 1.82) is 0 Å². The summed E-state index contributed by atoms with van der Waals surface area (Å²) >= 11 is 0. The first kappa shape index (κ1) is 9.83. The Balaban J connectivity index is -0.0000000800. The maximum atomic E-state index is 9.81. The van der Waals surface area contributed by atoms with Crippen molar-refractivity contribution in [2.45, 2.75) is 20.3 Å². The van der Waals surface area contributed by atoms with Crippen LogP contribution in [-0.2, 0) is 4.79 Å². The molecule has 0 unspecified atom stereocenters. The van der Waals surface area contributed by atoms with Gasteiger partial charge in [0.2, 0.25) is 0 Å². The molecule has 0 aliphatic rings. The summed E-state index contributed by atoms with van der Waals surface area (Å²) in [7, 11) is 0. The van der Waals surface area contributed by atoms with Crippen LogP contribution in [0.5, 0.6) is 0 Å². The molecule has 0 aromatic rings. The third-order valence-electron chi connectivity index (χ3n) is 0.498. The minimum atomic E-state index is 0. The van der Waals surface area contributed by atoms with E-state index in [4.69, 9.17) is 0 Å². The predicted molar refractivity (Wildman–Crippen MR) is 22.1 cm³/mol. The SMILES string of the molecule is CCC(C)=O.[H-].[Na+]. The first-order chi connectivity index (χ1) is 2.27. The van der Waals surface area contributed by atoms with Crippen molar-refractivity contribution in [3.63, 3.8) is 0 Å². The quantitative estimate of drug-likeness (QED) is 0.348. The molecule has 0 aromatic heterocycles. The Morgan fingerprint density at radius 3 is 2.00 bits per heavy atom. The van der Waals surface area contributed by atoms with Crippen molar-refractivity contribution in [3.05, 3.63) is 0 Å². The Morgan fingerprint density at radius 1 is 1.83 bits per heavy atom. The van der Waals surface area contributed by atoms with Crippen molar-refractivity contribution in [3.8, 4) is 0 Å². The molecule has 0 rings (SSSR count). The molecule has 0 saturated carbocycles. The van der Waals surface area contributed by atoms with E-state index in [-0.39, 0.29) is 36.8 Å². The molecular formula is C4H9NaO. The zero-order chi connectivity index (χ0) is 4.28. The van der Waals surface area contributed by atoms with E-state index < -0.39 is 0 Å². The van der Waals surface area contributed by atoms with Crippen molar-refractivity contribution >= 4 is 5.78 Å². The zero-order valence-corrected chi connectivity index (χ0v) is 6.62. The van der Waals surface area contributed by atoms with Gasteiger partial charge in [-0.05, 0) is 6.92 Å². The molecule has 2 heteroatoms. The van der Waals surface area contributed by atoms with Gasteiger partial charge in [-0.25, -0.2) is 0 Å². The van der Waals surface area contributed by atoms with Crippen LogP contribution < -0.4 is 29.6 Å². The number of hydrogen-bond acceptors (Lipinski definition) is 1. The van der Waals surface area contributed by atoms with Crippen LogP contribution in [-0.4, -0.2) is 5.78 Å². The van der Waals surface area contributed by atoms with Gasteiger partial charge in [-0.1, -0.05) is 6.92 Å². The Labute approximate surface area is 61.9 Å². The topological polar surface area (TPSA) is 17.1 Å². The second-order valence-corrected chi connectivity index (χ2v) is 1.06. The number of ketones is 1. The summed E-state index contributed by atoms with van der Waals surface area (Å²) in [4.78, 5) is 9.81. The van der Waals surface area contributed by atoms with Gasteiger partial charge in [-0.2, -0.15) is 0 Å². The van der Waals surface area contributed by atoms with Crippen LogP contribution in [0.25, 0.3) is 0 Å². The van der Waals surface area contributed by atoms with Crippen LogP contribution in [0.2, 0.25) is 0 Å². The van der Waals surface area contributed by atoms with Gasteiger partial charge in [0.1, 0.15) is 5.78 Å². The Bertz CT molecular complexity index is 47.0. The Kier molecular flexibility index (Phi) is 9.29. The van der Waals surface area contributed by atoms with Crippen LogP contribution >= 0.6 is 0 Å². The summed E-state index contributed by atoms with van der Waals surface area (Å²) in [6.45, 7) is 3.43. The van der Waals surface area contributed by atoms with E-state index in [0.29, 0.717) is 6.42 Å². The van der Waals surface area contributed by atoms with Gasteiger partial charge in [0, 0.05) is 6.42 Å². The van der Waals surface area contributed by atoms with Crippen LogP contribution in [0.4, 0.5) is 0 Å². The zero-order valence-electron chi connectivity index (χ0n) is 5.62. The average Bonchev–Trinajstić information content (AvgIpc) is 1.38. The molecule has 6 heavy (non-hydrogen) atoms. The average molecular weight is 96.1 g/mol. The number of carbonyl (C=O) groups is 1. The molecule has 1 nitrogen and oxygen atoms in total. The van der Waals surface area contributed by atoms with Crippen molar-refractivity contribution < 1.29 is 35.8 Å². The number of rotatable bonds is 1. The first-order valence-electron chi connectivity index (χ1n) is 1.76. The monoisotopic (exact) mass is 96.1 g/mol. The summed E-state index contributed by atoms with van der Waals surface area (Å²) in [5, 5.41) is 0. The van der Waals surface area contributed by atoms with Gasteiger partial charge in [0.25, 0.3) is 0 Å². The van der Waals surface area contributed by atoms with Crippen LogP contribution in [0, 0.1) is 0 Å². The Morgan fingerprint density at radius 2 is 2.00 bits per heavy atom. The summed E-state index contributed by atoms with van der Waals surface area (Å²) < 4.78 is 0. The van der Waals surface area contributed by atoms with E-state index in [0.717, 1.165) is 0 Å². The smallest absolute Gasteiger partial charge is 1.00 e. The number of carbonyl (C=O) groups excluding carboxylic acids is 1. The van der Waals surface area contributed by atoms with E-state index >= 15 is 0 Å². The van der Waals surface area contributed by atoms with Gasteiger partial charge in [0.15, 0.2) is 0 Å². The number of hydrogen-bond donors (Lipinski definition) is 0. The minimum absolute atomic E-state index is 0. The fourth-order valence-electron chi connectivity index (χ4n) is 0. The van der Waals surface area contributed by atoms with Crippen LogP contribution in [0.3, 0.4) is 0 Å². The van der Waals surface area contributed by atoms with Gasteiger partial charge in [-0.15, -0.1) is 0 Å². The maximum absolute atomic E-state index is 9.81. The van der Waals surface area contributed by atoms with E-state index in [9.17, 15) is 4.79 Å². The summed E-state index contributed by atoms with van der Waals surface area (Å²) in [5.41, 5.74) is 0. The molecule has 0 spiro atoms. The second-order valence-electron chi connectivity index (χ2n) is 1.06. The third-order valence-corrected chi connectivity index (χ3v) is 0.498. The number of Topliss-reactive ketones (excluding diaryl/α,β-unsaturated/α-hetero) is 1. The summed E-state index contributed by atoms with van der Waals surface area (Å²) in [6.07, 6.45) is 0.667. The molecular weight excluding hydrogens is 87.0 g/mol. The van der Waals surface area contributed by atoms with Crippen molar-refractivity contribution in [1.82, 2.24) is 0 Å². The van der Waals surface area contributed by atoms with E-state index in [1.54, 1.807) is 6.92 Å². The fourth-order valence-corrected chi connectivity index (χ4v) is 0. The molecule has 32 valence electrons. The maximum Gasteiger partial charge on any atom is 1.00 e. The summed E-state index contributed by atoms with van der Waals surface area (Å²) in [5.74, 6) is 0.255. The third kappa shape index (κ3) is 8.82. The molecule has 0 aromatic carbocycles. The van der Waals surface area contributed by atoms with Gasteiger partial charge in [-0.3, -0.25) is 0 Å². The van der Waals surface area contributed by atoms with Gasteiger partial charge in [0.05, 0.1) is 0 Å². The fraction of sp³-hybridized carbons (Fsp3) is 0.750. The molecule has 0 N–H and O–H groups in total. The van der Waals surface area contributed by atoms with E-state index in [1.807, 2.05) is 6.92 Å². The minimum Gasteiger partial charge on any atom is -1.00 e. The second kappa shape index (κ2) is 5.67. The largest absolute Gasteiger partial charge is 1.00 e. The van der Waals surface area contributed by atoms with Gasteiger partial charge >= 0.3 is 29.6 Å². The van der Waals surface area contributed by atoms with Crippen molar-refractivity contribution in [2.24, 2.45) is 0 Å². The predicted octanol–water partition coefficient (Wildman–Crippen LogP) is -1.90. The molecule has 0 aliphatic heterocycles. The molecule has 0 bridgehead atoms. The molecule has 0 aliphatic carbocycles. The molecule has 0 atom stereocenters. The standard InChI is InChI=1S/C4H8O.Na.H/c1-3-4(2)5;;/h3H2,1-2H3;;/q;+1;-1. The molecule has 0 amide bonds. The van der Waals surface area contributed by atoms with E-state index in [2.05, 4.69) is 0 Å². The Hall–Kier alpha value is 0.670. The normalized spacial score (nSPS) is 6.33. The molecule has 0 heterocycles. The van der Waals surface area contributed by atoms with Crippen molar-refractivity contribution in [2.75, 3.05) is 0 Å². The summed E-state index contributed by atoms with van der Waals surface area (Å²) in [6, 6.07) is 0. The molecule has 0 radical (unpaired) electrons. The van der Waals surface area contributed by atoms with Gasteiger partial charge < -0.3 is 6.22 Å². The van der Waals surface area contributed by atoms with Crippen LogP contribution in [0.15, 0.2) is 0 Å². The van der Waals surface area contributed by atoms with Crippen LogP contribution in [0.1, 0.15) is 21.7 Å². The molecule has 0 saturated heterocycles. The first-order valence-corrected chi connectivity index (χ1v) is 1.76. The van der Waals surface area contributed by atoms with E-state index in [1.165, 1.54) is 0 Å². The molecule has 0 fully saturated rings.